The lowest BCUT2D eigenvalue weighted by atomic mass is 10.1. The van der Waals surface area contributed by atoms with Gasteiger partial charge in [0.25, 0.3) is 0 Å². The Kier molecular flexibility index (Phi) is 4.39. The number of piperidine rings is 1. The summed E-state index contributed by atoms with van der Waals surface area (Å²) in [6.07, 6.45) is 5.98. The van der Waals surface area contributed by atoms with Crippen molar-refractivity contribution in [3.63, 3.8) is 0 Å². The molecular weight excluding hydrogens is 400 g/mol. The van der Waals surface area contributed by atoms with Crippen LogP contribution in [0.3, 0.4) is 0 Å². The number of ether oxygens (including phenoxy) is 1. The Hall–Kier alpha value is -4.20. The Bertz CT molecular complexity index is 1410. The van der Waals surface area contributed by atoms with Crippen LogP contribution in [0.4, 0.5) is 4.79 Å². The second kappa shape index (κ2) is 7.24. The Balaban J connectivity index is 1.61. The van der Waals surface area contributed by atoms with E-state index in [-0.39, 0.29) is 11.7 Å². The van der Waals surface area contributed by atoms with Gasteiger partial charge in [0.1, 0.15) is 5.52 Å². The zero-order valence-electron chi connectivity index (χ0n) is 16.6. The molecule has 11 heteroatoms. The molecule has 1 atom stereocenters. The molecule has 4 aromatic rings. The van der Waals surface area contributed by atoms with E-state index in [2.05, 4.69) is 26.1 Å². The number of likely N-dealkylation sites (tertiary alicyclic amines) is 1. The normalized spacial score (nSPS) is 16.5. The summed E-state index contributed by atoms with van der Waals surface area (Å²) in [6, 6.07) is 5.28. The SMILES string of the molecule is COC(=O)N1CCCC(n2c(=O)[nH]c3cnc(-c4cnn5ccc(C#N)cc45)nc32)C1. The van der Waals surface area contributed by atoms with Crippen LogP contribution >= 0.6 is 0 Å². The van der Waals surface area contributed by atoms with Gasteiger partial charge in [-0.2, -0.15) is 10.4 Å². The number of amides is 1. The molecule has 11 nitrogen and oxygen atoms in total. The van der Waals surface area contributed by atoms with E-state index in [0.717, 1.165) is 12.8 Å². The fourth-order valence-corrected chi connectivity index (χ4v) is 4.07. The number of rotatable bonds is 2. The van der Waals surface area contributed by atoms with Gasteiger partial charge in [0.15, 0.2) is 11.5 Å². The number of methoxy groups -OCH3 is 1. The van der Waals surface area contributed by atoms with Crippen LogP contribution in [0.1, 0.15) is 24.4 Å². The molecular formula is C20H18N8O3. The second-order valence-electron chi connectivity index (χ2n) is 7.36. The van der Waals surface area contributed by atoms with Crippen molar-refractivity contribution in [2.24, 2.45) is 0 Å². The molecule has 1 fully saturated rings. The minimum Gasteiger partial charge on any atom is -0.453 e. The predicted octanol–water partition coefficient (Wildman–Crippen LogP) is 1.71. The number of fused-ring (bicyclic) bond motifs is 2. The lowest BCUT2D eigenvalue weighted by molar-refractivity contribution is 0.103. The fourth-order valence-electron chi connectivity index (χ4n) is 4.07. The number of hydrogen-bond donors (Lipinski definition) is 1. The molecule has 0 spiro atoms. The zero-order valence-corrected chi connectivity index (χ0v) is 16.6. The van der Waals surface area contributed by atoms with E-state index < -0.39 is 6.09 Å². The average molecular weight is 418 g/mol. The molecule has 4 aromatic heterocycles. The van der Waals surface area contributed by atoms with Crippen LogP contribution < -0.4 is 5.69 Å². The minimum atomic E-state index is -0.410. The van der Waals surface area contributed by atoms with Gasteiger partial charge >= 0.3 is 11.8 Å². The first-order chi connectivity index (χ1) is 15.1. The Labute approximate surface area is 175 Å². The van der Waals surface area contributed by atoms with Crippen molar-refractivity contribution in [2.45, 2.75) is 18.9 Å². The van der Waals surface area contributed by atoms with E-state index in [4.69, 9.17) is 4.74 Å². The van der Waals surface area contributed by atoms with Gasteiger partial charge in [-0.3, -0.25) is 4.57 Å². The molecule has 5 rings (SSSR count). The summed E-state index contributed by atoms with van der Waals surface area (Å²) in [5.41, 5.74) is 2.51. The topological polar surface area (TPSA) is 134 Å². The highest BCUT2D eigenvalue weighted by Crippen LogP contribution is 2.26. The van der Waals surface area contributed by atoms with Crippen LogP contribution in [0.2, 0.25) is 0 Å². The summed E-state index contributed by atoms with van der Waals surface area (Å²) in [7, 11) is 1.34. The van der Waals surface area contributed by atoms with Crippen molar-refractivity contribution >= 4 is 22.8 Å². The number of nitrogens with zero attached hydrogens (tertiary/aromatic N) is 7. The summed E-state index contributed by atoms with van der Waals surface area (Å²) >= 11 is 0. The van der Waals surface area contributed by atoms with Crippen LogP contribution in [0.25, 0.3) is 28.1 Å². The van der Waals surface area contributed by atoms with E-state index in [1.54, 1.807) is 44.7 Å². The van der Waals surface area contributed by atoms with E-state index in [1.165, 1.54) is 7.11 Å². The molecule has 5 heterocycles. The van der Waals surface area contributed by atoms with Gasteiger partial charge in [-0.25, -0.2) is 24.1 Å². The quantitative estimate of drug-likeness (QED) is 0.524. The first kappa shape index (κ1) is 18.8. The lowest BCUT2D eigenvalue weighted by Crippen LogP contribution is -2.42. The molecule has 156 valence electrons. The van der Waals surface area contributed by atoms with Crippen molar-refractivity contribution in [3.05, 3.63) is 46.8 Å². The van der Waals surface area contributed by atoms with Gasteiger partial charge in [-0.1, -0.05) is 0 Å². The number of carbonyl (C=O) groups is 1. The molecule has 1 aliphatic heterocycles. The Morgan fingerprint density at radius 3 is 3.06 bits per heavy atom. The second-order valence-corrected chi connectivity index (χ2v) is 7.36. The smallest absolute Gasteiger partial charge is 0.409 e. The van der Waals surface area contributed by atoms with Gasteiger partial charge in [0.2, 0.25) is 0 Å². The van der Waals surface area contributed by atoms with Gasteiger partial charge in [0.05, 0.1) is 48.3 Å². The maximum absolute atomic E-state index is 12.7. The third kappa shape index (κ3) is 3.09. The molecule has 1 unspecified atom stereocenters. The molecule has 1 saturated heterocycles. The fraction of sp³-hybridized carbons (Fsp3) is 0.300. The van der Waals surface area contributed by atoms with Crippen LogP contribution in [0.5, 0.6) is 0 Å². The summed E-state index contributed by atoms with van der Waals surface area (Å²) in [5.74, 6) is 0.394. The zero-order chi connectivity index (χ0) is 21.5. The van der Waals surface area contributed by atoms with Crippen molar-refractivity contribution < 1.29 is 9.53 Å². The minimum absolute atomic E-state index is 0.231. The molecule has 0 aromatic carbocycles. The molecule has 31 heavy (non-hydrogen) atoms. The first-order valence-electron chi connectivity index (χ1n) is 9.77. The molecule has 0 aliphatic carbocycles. The standard InChI is InChI=1S/C20H18N8O3/c1-31-20(30)26-5-2-3-13(11-26)28-18-15(24-19(28)29)10-22-17(25-18)14-9-23-27-6-4-12(8-21)7-16(14)27/h4,6-7,9-10,13H,2-3,5,11H2,1H3,(H,24,29). The number of imidazole rings is 1. The van der Waals surface area contributed by atoms with E-state index in [0.29, 0.717) is 46.7 Å². The molecule has 0 radical (unpaired) electrons. The van der Waals surface area contributed by atoms with E-state index in [9.17, 15) is 14.9 Å². The summed E-state index contributed by atoms with van der Waals surface area (Å²) in [6.45, 7) is 0.950. The van der Waals surface area contributed by atoms with E-state index in [1.807, 2.05) is 0 Å². The van der Waals surface area contributed by atoms with Crippen LogP contribution in [0.15, 0.2) is 35.5 Å². The van der Waals surface area contributed by atoms with Gasteiger partial charge in [-0.05, 0) is 25.0 Å². The van der Waals surface area contributed by atoms with Gasteiger partial charge < -0.3 is 14.6 Å². The maximum Gasteiger partial charge on any atom is 0.409 e. The van der Waals surface area contributed by atoms with E-state index >= 15 is 0 Å². The maximum atomic E-state index is 12.7. The number of nitriles is 1. The summed E-state index contributed by atoms with van der Waals surface area (Å²) < 4.78 is 8.06. The van der Waals surface area contributed by atoms with Gasteiger partial charge in [-0.15, -0.1) is 0 Å². The van der Waals surface area contributed by atoms with Gasteiger partial charge in [0, 0.05) is 19.3 Å². The average Bonchev–Trinajstić information content (AvgIpc) is 3.37. The van der Waals surface area contributed by atoms with Crippen LogP contribution in [-0.4, -0.2) is 60.3 Å². The third-order valence-electron chi connectivity index (χ3n) is 5.54. The number of nitrogens with one attached hydrogen (secondary N) is 1. The first-order valence-corrected chi connectivity index (χ1v) is 9.77. The van der Waals surface area contributed by atoms with Crippen LogP contribution in [-0.2, 0) is 4.74 Å². The number of carbonyl (C=O) groups excluding carboxylic acids is 1. The molecule has 1 amide bonds. The molecule has 0 saturated carbocycles. The number of pyridine rings is 1. The highest BCUT2D eigenvalue weighted by Gasteiger charge is 2.28. The highest BCUT2D eigenvalue weighted by molar-refractivity contribution is 5.80. The number of H-pyrrole nitrogens is 1. The molecule has 1 N–H and O–H groups in total. The summed E-state index contributed by atoms with van der Waals surface area (Å²) in [5, 5.41) is 13.5. The largest absolute Gasteiger partial charge is 0.453 e. The predicted molar refractivity (Wildman–Crippen MR) is 109 cm³/mol. The highest BCUT2D eigenvalue weighted by atomic mass is 16.5. The van der Waals surface area contributed by atoms with Crippen molar-refractivity contribution in [3.8, 4) is 17.5 Å². The lowest BCUT2D eigenvalue weighted by Gasteiger charge is -2.32. The number of aromatic nitrogens is 6. The number of aromatic amines is 1. The third-order valence-corrected chi connectivity index (χ3v) is 5.54. The Morgan fingerprint density at radius 1 is 1.39 bits per heavy atom. The summed E-state index contributed by atoms with van der Waals surface area (Å²) in [4.78, 5) is 38.1. The number of hydrogen-bond acceptors (Lipinski definition) is 7. The van der Waals surface area contributed by atoms with Crippen molar-refractivity contribution in [2.75, 3.05) is 20.2 Å². The monoisotopic (exact) mass is 418 g/mol. The van der Waals surface area contributed by atoms with Crippen molar-refractivity contribution in [1.82, 2.24) is 34.0 Å². The Morgan fingerprint density at radius 2 is 2.26 bits per heavy atom. The van der Waals surface area contributed by atoms with Crippen molar-refractivity contribution in [1.29, 1.82) is 5.26 Å². The molecule has 0 bridgehead atoms. The molecule has 1 aliphatic rings. The van der Waals surface area contributed by atoms with Crippen LogP contribution in [0, 0.1) is 11.3 Å².